The number of benzene rings is 1. The first kappa shape index (κ1) is 14.2. The maximum absolute atomic E-state index is 12.5. The predicted octanol–water partition coefficient (Wildman–Crippen LogP) is 2.23. The van der Waals surface area contributed by atoms with Crippen LogP contribution in [0.1, 0.15) is 18.9 Å². The highest BCUT2D eigenvalue weighted by atomic mass is 16.5. The van der Waals surface area contributed by atoms with E-state index in [9.17, 15) is 9.59 Å². The third-order valence-corrected chi connectivity index (χ3v) is 4.94. The maximum Gasteiger partial charge on any atom is 0.254 e. The lowest BCUT2D eigenvalue weighted by Crippen LogP contribution is -2.28. The first-order chi connectivity index (χ1) is 11.2. The van der Waals surface area contributed by atoms with Gasteiger partial charge in [-0.25, -0.2) is 0 Å². The summed E-state index contributed by atoms with van der Waals surface area (Å²) in [7, 11) is 0. The number of imide groups is 1. The molecule has 0 radical (unpaired) electrons. The van der Waals surface area contributed by atoms with Crippen LogP contribution in [0.25, 0.3) is 0 Å². The first-order valence-corrected chi connectivity index (χ1v) is 8.02. The Labute approximate surface area is 134 Å². The van der Waals surface area contributed by atoms with Crippen molar-refractivity contribution in [2.24, 2.45) is 28.8 Å². The molecule has 2 aliphatic carbocycles. The minimum atomic E-state index is -0.204. The third-order valence-electron chi connectivity index (χ3n) is 4.94. The second-order valence-corrected chi connectivity index (χ2v) is 6.24. The summed E-state index contributed by atoms with van der Waals surface area (Å²) in [5.74, 6) is 0.442. The smallest absolute Gasteiger partial charge is 0.254 e. The number of amides is 2. The van der Waals surface area contributed by atoms with E-state index in [1.54, 1.807) is 6.21 Å². The number of hydrogen-bond acceptors (Lipinski definition) is 4. The lowest BCUT2D eigenvalue weighted by Gasteiger charge is -2.13. The molecule has 1 aromatic rings. The molecule has 1 aromatic carbocycles. The average molecular weight is 310 g/mol. The molecule has 0 spiro atoms. The van der Waals surface area contributed by atoms with E-state index >= 15 is 0 Å². The number of rotatable bonds is 4. The first-order valence-electron chi connectivity index (χ1n) is 8.02. The van der Waals surface area contributed by atoms with Crippen molar-refractivity contribution in [3.8, 4) is 5.75 Å². The molecule has 0 N–H and O–H groups in total. The SMILES string of the molecule is CCOc1cccc(C=NN2C(=O)[C@@H]3[C@H](C2=O)[C@H]2C=C[C@H]3C2)c1. The summed E-state index contributed by atoms with van der Waals surface area (Å²) in [6.45, 7) is 2.51. The molecule has 2 fully saturated rings. The number of ether oxygens (including phenoxy) is 1. The lowest BCUT2D eigenvalue weighted by atomic mass is 9.85. The van der Waals surface area contributed by atoms with Crippen LogP contribution in [0.4, 0.5) is 0 Å². The fourth-order valence-corrected chi connectivity index (χ4v) is 3.98. The van der Waals surface area contributed by atoms with Gasteiger partial charge in [-0.05, 0) is 42.9 Å². The minimum Gasteiger partial charge on any atom is -0.494 e. The van der Waals surface area contributed by atoms with Gasteiger partial charge in [0.25, 0.3) is 11.8 Å². The molecule has 0 unspecified atom stereocenters. The Kier molecular flexibility index (Phi) is 3.29. The average Bonchev–Trinajstić information content (AvgIpc) is 3.21. The fraction of sp³-hybridized carbons (Fsp3) is 0.389. The molecule has 23 heavy (non-hydrogen) atoms. The van der Waals surface area contributed by atoms with Crippen LogP contribution in [0.2, 0.25) is 0 Å². The highest BCUT2D eigenvalue weighted by Crippen LogP contribution is 2.52. The van der Waals surface area contributed by atoms with Gasteiger partial charge in [-0.3, -0.25) is 9.59 Å². The molecule has 1 saturated carbocycles. The van der Waals surface area contributed by atoms with Gasteiger partial charge in [-0.2, -0.15) is 10.1 Å². The molecule has 3 aliphatic rings. The lowest BCUT2D eigenvalue weighted by molar-refractivity contribution is -0.140. The van der Waals surface area contributed by atoms with E-state index in [-0.39, 0.29) is 35.5 Å². The number of hydrazone groups is 1. The van der Waals surface area contributed by atoms with Gasteiger partial charge in [-0.15, -0.1) is 0 Å². The summed E-state index contributed by atoms with van der Waals surface area (Å²) in [6.07, 6.45) is 6.64. The number of carbonyl (C=O) groups excluding carboxylic acids is 2. The molecule has 5 heteroatoms. The van der Waals surface area contributed by atoms with Gasteiger partial charge in [-0.1, -0.05) is 24.3 Å². The topological polar surface area (TPSA) is 59.0 Å². The van der Waals surface area contributed by atoms with Crippen molar-refractivity contribution in [2.45, 2.75) is 13.3 Å². The molecule has 1 saturated heterocycles. The summed E-state index contributed by atoms with van der Waals surface area (Å²) in [5.41, 5.74) is 0.801. The Morgan fingerprint density at radius 3 is 2.57 bits per heavy atom. The Hall–Kier alpha value is -2.43. The zero-order valence-corrected chi connectivity index (χ0v) is 12.9. The number of fused-ring (bicyclic) bond motifs is 5. The van der Waals surface area contributed by atoms with Gasteiger partial charge >= 0.3 is 0 Å². The predicted molar refractivity (Wildman–Crippen MR) is 84.8 cm³/mol. The second-order valence-electron chi connectivity index (χ2n) is 6.24. The summed E-state index contributed by atoms with van der Waals surface area (Å²) in [5, 5.41) is 5.23. The number of hydrogen-bond donors (Lipinski definition) is 0. The van der Waals surface area contributed by atoms with E-state index in [4.69, 9.17) is 4.74 Å². The van der Waals surface area contributed by atoms with E-state index in [0.717, 1.165) is 22.7 Å². The highest BCUT2D eigenvalue weighted by molar-refractivity contribution is 6.06. The van der Waals surface area contributed by atoms with Gasteiger partial charge in [0.15, 0.2) is 0 Å². The van der Waals surface area contributed by atoms with Crippen LogP contribution in [0, 0.1) is 23.7 Å². The van der Waals surface area contributed by atoms with Crippen LogP contribution in [-0.2, 0) is 9.59 Å². The zero-order valence-electron chi connectivity index (χ0n) is 12.9. The Morgan fingerprint density at radius 2 is 1.91 bits per heavy atom. The summed E-state index contributed by atoms with van der Waals surface area (Å²) < 4.78 is 5.44. The van der Waals surface area contributed by atoms with Crippen LogP contribution >= 0.6 is 0 Å². The van der Waals surface area contributed by atoms with Crippen LogP contribution in [0.15, 0.2) is 41.5 Å². The molecule has 0 aromatic heterocycles. The summed E-state index contributed by atoms with van der Waals surface area (Å²) >= 11 is 0. The van der Waals surface area contributed by atoms with Gasteiger partial charge in [0.2, 0.25) is 0 Å². The second kappa shape index (κ2) is 5.33. The zero-order chi connectivity index (χ0) is 16.0. The van der Waals surface area contributed by atoms with E-state index < -0.39 is 0 Å². The quantitative estimate of drug-likeness (QED) is 0.487. The monoisotopic (exact) mass is 310 g/mol. The molecule has 1 aliphatic heterocycles. The van der Waals surface area contributed by atoms with Crippen molar-refractivity contribution in [1.29, 1.82) is 0 Å². The standard InChI is InChI=1S/C18H18N2O3/c1-2-23-14-5-3-4-11(8-14)10-19-20-17(21)15-12-6-7-13(9-12)16(15)18(20)22/h3-8,10,12-13,15-16H,2,9H2,1H3/t12-,13-,15-,16+/m0/s1. The molecule has 2 bridgehead atoms. The van der Waals surface area contributed by atoms with Crippen LogP contribution in [0.3, 0.4) is 0 Å². The number of carbonyl (C=O) groups is 2. The van der Waals surface area contributed by atoms with Crippen LogP contribution in [0.5, 0.6) is 5.75 Å². The van der Waals surface area contributed by atoms with Crippen LogP contribution < -0.4 is 4.74 Å². The van der Waals surface area contributed by atoms with E-state index in [1.165, 1.54) is 0 Å². The molecule has 5 nitrogen and oxygen atoms in total. The molecule has 4 atom stereocenters. The fourth-order valence-electron chi connectivity index (χ4n) is 3.98. The molecule has 118 valence electrons. The molecular weight excluding hydrogens is 292 g/mol. The molecule has 1 heterocycles. The molecule has 2 amide bonds. The van der Waals surface area contributed by atoms with Crippen LogP contribution in [-0.4, -0.2) is 29.6 Å². The van der Waals surface area contributed by atoms with Crippen molar-refractivity contribution < 1.29 is 14.3 Å². The minimum absolute atomic E-state index is 0.158. The third kappa shape index (κ3) is 2.19. The van der Waals surface area contributed by atoms with Gasteiger partial charge in [0.1, 0.15) is 5.75 Å². The van der Waals surface area contributed by atoms with Gasteiger partial charge in [0, 0.05) is 0 Å². The molecular formula is C18H18N2O3. The molecule has 4 rings (SSSR count). The largest absolute Gasteiger partial charge is 0.494 e. The van der Waals surface area contributed by atoms with Gasteiger partial charge < -0.3 is 4.74 Å². The highest BCUT2D eigenvalue weighted by Gasteiger charge is 2.59. The Balaban J connectivity index is 1.54. The summed E-state index contributed by atoms with van der Waals surface area (Å²) in [4.78, 5) is 25.0. The van der Waals surface area contributed by atoms with Crippen molar-refractivity contribution in [2.75, 3.05) is 6.61 Å². The summed E-state index contributed by atoms with van der Waals surface area (Å²) in [6, 6.07) is 7.42. The van der Waals surface area contributed by atoms with Crippen molar-refractivity contribution in [1.82, 2.24) is 5.01 Å². The Morgan fingerprint density at radius 1 is 1.22 bits per heavy atom. The maximum atomic E-state index is 12.5. The van der Waals surface area contributed by atoms with Crippen molar-refractivity contribution in [3.63, 3.8) is 0 Å². The van der Waals surface area contributed by atoms with Crippen molar-refractivity contribution in [3.05, 3.63) is 42.0 Å². The normalized spacial score (nSPS) is 31.4. The van der Waals surface area contributed by atoms with E-state index in [0.29, 0.717) is 6.61 Å². The number of nitrogens with zero attached hydrogens (tertiary/aromatic N) is 2. The van der Waals surface area contributed by atoms with Crippen molar-refractivity contribution >= 4 is 18.0 Å². The number of allylic oxidation sites excluding steroid dienone is 2. The van der Waals surface area contributed by atoms with E-state index in [1.807, 2.05) is 31.2 Å². The Bertz CT molecular complexity index is 695. The van der Waals surface area contributed by atoms with Gasteiger partial charge in [0.05, 0.1) is 24.7 Å². The van der Waals surface area contributed by atoms with E-state index in [2.05, 4.69) is 17.3 Å².